The third kappa shape index (κ3) is 4.11. The smallest absolute Gasteiger partial charge is 0.210 e. The molecule has 1 spiro atoms. The summed E-state index contributed by atoms with van der Waals surface area (Å²) in [7, 11) is 1.58. The summed E-state index contributed by atoms with van der Waals surface area (Å²) in [5.41, 5.74) is 1.91. The molecule has 0 saturated carbocycles. The Morgan fingerprint density at radius 3 is 2.97 bits per heavy atom. The van der Waals surface area contributed by atoms with Crippen molar-refractivity contribution in [1.82, 2.24) is 24.3 Å². The maximum absolute atomic E-state index is 15.3. The first-order chi connectivity index (χ1) is 16.5. The van der Waals surface area contributed by atoms with Gasteiger partial charge in [0.2, 0.25) is 5.82 Å². The van der Waals surface area contributed by atoms with Crippen molar-refractivity contribution in [1.29, 1.82) is 0 Å². The number of aromatic nitrogens is 5. The van der Waals surface area contributed by atoms with Crippen LogP contribution < -0.4 is 4.74 Å². The number of fused-ring (bicyclic) bond motifs is 2. The van der Waals surface area contributed by atoms with Crippen LogP contribution in [0.2, 0.25) is 0 Å². The van der Waals surface area contributed by atoms with E-state index in [0.717, 1.165) is 24.2 Å². The van der Waals surface area contributed by atoms with Crippen molar-refractivity contribution in [3.8, 4) is 11.4 Å². The van der Waals surface area contributed by atoms with E-state index in [1.165, 1.54) is 18.2 Å². The van der Waals surface area contributed by atoms with Crippen LogP contribution in [0.25, 0.3) is 17.6 Å². The summed E-state index contributed by atoms with van der Waals surface area (Å²) in [6.45, 7) is 2.58. The van der Waals surface area contributed by atoms with Gasteiger partial charge in [-0.2, -0.15) is 0 Å². The number of hydrogen-bond donors (Lipinski definition) is 0. The molecule has 0 N–H and O–H groups in total. The number of imidazole rings is 1. The molecule has 3 heterocycles. The fraction of sp³-hybridized carbons (Fsp3) is 0.269. The predicted octanol–water partition coefficient (Wildman–Crippen LogP) is 5.65. The molecule has 174 valence electrons. The quantitative estimate of drug-likeness (QED) is 0.504. The highest BCUT2D eigenvalue weighted by Crippen LogP contribution is 2.39. The summed E-state index contributed by atoms with van der Waals surface area (Å²) < 4.78 is 38.0. The molecule has 8 heteroatoms. The maximum Gasteiger partial charge on any atom is 0.210 e. The minimum absolute atomic E-state index is 0.0470. The molecule has 2 aromatic heterocycles. The lowest BCUT2D eigenvalue weighted by Crippen LogP contribution is -2.32. The third-order valence-electron chi connectivity index (χ3n) is 6.24. The van der Waals surface area contributed by atoms with Gasteiger partial charge in [-0.15, -0.1) is 5.10 Å². The molecular formula is C26H25F2N5O. The Bertz CT molecular complexity index is 1350. The highest BCUT2D eigenvalue weighted by Gasteiger charge is 2.37. The number of halogens is 2. The Hall–Kier alpha value is -3.81. The molecule has 0 amide bonds. The van der Waals surface area contributed by atoms with Crippen molar-refractivity contribution < 1.29 is 13.5 Å². The zero-order valence-electron chi connectivity index (χ0n) is 19.1. The van der Waals surface area contributed by atoms with E-state index in [9.17, 15) is 4.39 Å². The third-order valence-corrected chi connectivity index (χ3v) is 6.24. The molecule has 5 rings (SSSR count). The molecule has 0 fully saturated rings. The average molecular weight is 462 g/mol. The second-order valence-corrected chi connectivity index (χ2v) is 8.60. The number of aryl methyl sites for hydroxylation is 2. The number of hydrogen-bond acceptors (Lipinski definition) is 4. The van der Waals surface area contributed by atoms with Crippen molar-refractivity contribution in [2.24, 2.45) is 0 Å². The number of benzene rings is 1. The molecule has 0 radical (unpaired) electrons. The van der Waals surface area contributed by atoms with Gasteiger partial charge in [-0.1, -0.05) is 24.3 Å². The van der Waals surface area contributed by atoms with Crippen LogP contribution >= 0.6 is 0 Å². The molecule has 0 saturated heterocycles. The van der Waals surface area contributed by atoms with Crippen LogP contribution in [-0.2, 0) is 12.0 Å². The lowest BCUT2D eigenvalue weighted by atomic mass is 9.76. The Kier molecular flexibility index (Phi) is 5.73. The van der Waals surface area contributed by atoms with Gasteiger partial charge in [-0.25, -0.2) is 23.4 Å². The van der Waals surface area contributed by atoms with E-state index in [1.54, 1.807) is 36.3 Å². The molecule has 3 aromatic rings. The molecule has 0 bridgehead atoms. The van der Waals surface area contributed by atoms with Gasteiger partial charge in [0.1, 0.15) is 17.4 Å². The first kappa shape index (κ1) is 22.0. The Morgan fingerprint density at radius 1 is 1.29 bits per heavy atom. The van der Waals surface area contributed by atoms with Crippen molar-refractivity contribution in [2.45, 2.75) is 38.1 Å². The van der Waals surface area contributed by atoms with Crippen molar-refractivity contribution in [3.05, 3.63) is 89.8 Å². The average Bonchev–Trinajstić information content (AvgIpc) is 3.45. The fourth-order valence-corrected chi connectivity index (χ4v) is 4.57. The Balaban J connectivity index is 1.47. The van der Waals surface area contributed by atoms with Crippen LogP contribution in [0.5, 0.6) is 5.75 Å². The Labute approximate surface area is 196 Å². The molecule has 1 atom stereocenters. The van der Waals surface area contributed by atoms with E-state index < -0.39 is 11.2 Å². The minimum atomic E-state index is -0.526. The lowest BCUT2D eigenvalue weighted by molar-refractivity contribution is 0.345. The number of rotatable bonds is 4. The van der Waals surface area contributed by atoms with E-state index in [0.29, 0.717) is 30.1 Å². The SMILES string of the molecule is COc1cc(/C=C(\F)c2nc3n(n2)CCCC32/C=C/C=C(F)\C=C/C2)ccc1-n1cnc(C)c1. The van der Waals surface area contributed by atoms with Crippen LogP contribution in [-0.4, -0.2) is 31.4 Å². The predicted molar refractivity (Wildman–Crippen MR) is 127 cm³/mol. The number of ether oxygens (including phenoxy) is 1. The van der Waals surface area contributed by atoms with E-state index in [4.69, 9.17) is 4.74 Å². The number of nitrogens with zero attached hydrogens (tertiary/aromatic N) is 5. The second-order valence-electron chi connectivity index (χ2n) is 8.60. The van der Waals surface area contributed by atoms with Crippen molar-refractivity contribution >= 4 is 11.9 Å². The first-order valence-corrected chi connectivity index (χ1v) is 11.2. The lowest BCUT2D eigenvalue weighted by Gasteiger charge is -2.33. The molecular weight excluding hydrogens is 436 g/mol. The number of allylic oxidation sites excluding steroid dienone is 6. The van der Waals surface area contributed by atoms with Crippen molar-refractivity contribution in [2.75, 3.05) is 7.11 Å². The molecule has 1 aliphatic carbocycles. The molecule has 1 aromatic carbocycles. The summed E-state index contributed by atoms with van der Waals surface area (Å²) >= 11 is 0. The summed E-state index contributed by atoms with van der Waals surface area (Å²) in [5.74, 6) is 0.536. The minimum Gasteiger partial charge on any atom is -0.495 e. The highest BCUT2D eigenvalue weighted by atomic mass is 19.1. The van der Waals surface area contributed by atoms with Crippen LogP contribution in [0.1, 0.15) is 42.2 Å². The van der Waals surface area contributed by atoms with Gasteiger partial charge in [0.25, 0.3) is 0 Å². The zero-order chi connectivity index (χ0) is 23.7. The monoisotopic (exact) mass is 461 g/mol. The topological polar surface area (TPSA) is 57.8 Å². The maximum atomic E-state index is 15.3. The van der Waals surface area contributed by atoms with Gasteiger partial charge >= 0.3 is 0 Å². The Morgan fingerprint density at radius 2 is 2.18 bits per heavy atom. The van der Waals surface area contributed by atoms with E-state index >= 15 is 4.39 Å². The normalized spacial score (nSPS) is 23.5. The standard InChI is InChI=1S/C26H25F2N5O/c1-18-16-32(17-29-18)22-9-8-19(15-23(22)34-2)14-21(28)24-30-25-26(12-5-13-33(25)31-24)10-3-6-20(27)7-4-11-26/h3-4,6-10,14-17H,5,11-13H2,1-2H3/b7-4-,10-3+,20-6+,21-14-. The van der Waals surface area contributed by atoms with Crippen LogP contribution in [0.4, 0.5) is 8.78 Å². The van der Waals surface area contributed by atoms with Gasteiger partial charge < -0.3 is 9.30 Å². The number of methoxy groups -OCH3 is 1. The summed E-state index contributed by atoms with van der Waals surface area (Å²) in [5, 5.41) is 4.45. The van der Waals surface area contributed by atoms with Gasteiger partial charge in [0, 0.05) is 12.7 Å². The van der Waals surface area contributed by atoms with Crippen molar-refractivity contribution in [3.63, 3.8) is 0 Å². The van der Waals surface area contributed by atoms with E-state index in [1.807, 2.05) is 35.9 Å². The molecule has 1 aliphatic heterocycles. The molecule has 2 aliphatic rings. The van der Waals surface area contributed by atoms with Gasteiger partial charge in [0.15, 0.2) is 5.83 Å². The molecule has 6 nitrogen and oxygen atoms in total. The van der Waals surface area contributed by atoms with Crippen LogP contribution in [0.15, 0.2) is 66.9 Å². The van der Waals surface area contributed by atoms with Crippen LogP contribution in [0, 0.1) is 6.92 Å². The summed E-state index contributed by atoms with van der Waals surface area (Å²) in [6.07, 6.45) is 15.7. The van der Waals surface area contributed by atoms with Gasteiger partial charge in [-0.05, 0) is 62.1 Å². The molecule has 34 heavy (non-hydrogen) atoms. The van der Waals surface area contributed by atoms with E-state index in [2.05, 4.69) is 15.1 Å². The van der Waals surface area contributed by atoms with E-state index in [-0.39, 0.29) is 11.7 Å². The largest absolute Gasteiger partial charge is 0.495 e. The highest BCUT2D eigenvalue weighted by molar-refractivity contribution is 5.75. The zero-order valence-corrected chi connectivity index (χ0v) is 19.1. The summed E-state index contributed by atoms with van der Waals surface area (Å²) in [4.78, 5) is 8.84. The van der Waals surface area contributed by atoms with Gasteiger partial charge in [-0.3, -0.25) is 0 Å². The molecule has 1 unspecified atom stereocenters. The van der Waals surface area contributed by atoms with Crippen LogP contribution in [0.3, 0.4) is 0 Å². The summed E-state index contributed by atoms with van der Waals surface area (Å²) in [6, 6.07) is 5.44. The first-order valence-electron chi connectivity index (χ1n) is 11.2. The van der Waals surface area contributed by atoms with Gasteiger partial charge in [0.05, 0.1) is 30.2 Å². The fourth-order valence-electron chi connectivity index (χ4n) is 4.57. The second kappa shape index (κ2) is 8.85.